The van der Waals surface area contributed by atoms with Gasteiger partial charge in [0.25, 0.3) is 0 Å². The van der Waals surface area contributed by atoms with Crippen LogP contribution >= 0.6 is 0 Å². The van der Waals surface area contributed by atoms with Gasteiger partial charge >= 0.3 is 18.0 Å². The van der Waals surface area contributed by atoms with Gasteiger partial charge in [0.1, 0.15) is 17.9 Å². The Balaban J connectivity index is 1.44. The van der Waals surface area contributed by atoms with Crippen molar-refractivity contribution in [3.63, 3.8) is 0 Å². The van der Waals surface area contributed by atoms with Crippen LogP contribution in [0.3, 0.4) is 0 Å². The lowest BCUT2D eigenvalue weighted by molar-refractivity contribution is -0.166. The van der Waals surface area contributed by atoms with Crippen molar-refractivity contribution in [1.29, 1.82) is 0 Å². The third-order valence-electron chi connectivity index (χ3n) is 6.54. The summed E-state index contributed by atoms with van der Waals surface area (Å²) in [5.41, 5.74) is 1.93. The highest BCUT2D eigenvalue weighted by molar-refractivity contribution is 5.74. The Kier molecular flexibility index (Phi) is 9.19. The molecular weight excluding hydrogens is 494 g/mol. The molecule has 2 heterocycles. The minimum absolute atomic E-state index is 0.0664. The Morgan fingerprint density at radius 3 is 2.16 bits per heavy atom. The number of carbonyl (C=O) groups is 3. The quantitative estimate of drug-likeness (QED) is 0.233. The zero-order valence-corrected chi connectivity index (χ0v) is 21.7. The average Bonchev–Trinajstić information content (AvgIpc) is 3.37. The number of fused-ring (bicyclic) bond motifs is 1. The molecule has 204 valence electrons. The molecule has 1 amide bonds. The number of nitrogens with zero attached hydrogens (tertiary/aromatic N) is 1. The number of esters is 2. The number of ether oxygens (including phenoxy) is 6. The molecule has 0 spiro atoms. The molecule has 2 aromatic rings. The minimum Gasteiger partial charge on any atom is -0.497 e. The molecule has 0 saturated carbocycles. The summed E-state index contributed by atoms with van der Waals surface area (Å²) >= 11 is 0. The van der Waals surface area contributed by atoms with Gasteiger partial charge in [0.2, 0.25) is 0 Å². The maximum Gasteiger partial charge on any atom is 0.411 e. The van der Waals surface area contributed by atoms with Gasteiger partial charge in [-0.15, -0.1) is 0 Å². The zero-order chi connectivity index (χ0) is 27.1. The number of rotatable bonds is 12. The highest BCUT2D eigenvalue weighted by Crippen LogP contribution is 2.39. The molecule has 0 N–H and O–H groups in total. The van der Waals surface area contributed by atoms with Crippen LogP contribution in [0.1, 0.15) is 31.4 Å². The lowest BCUT2D eigenvalue weighted by Crippen LogP contribution is -2.44. The summed E-state index contributed by atoms with van der Waals surface area (Å²) in [7, 11) is 1.61. The van der Waals surface area contributed by atoms with E-state index in [9.17, 15) is 14.4 Å². The summed E-state index contributed by atoms with van der Waals surface area (Å²) in [4.78, 5) is 38.5. The highest BCUT2D eigenvalue weighted by atomic mass is 16.6. The summed E-state index contributed by atoms with van der Waals surface area (Å²) in [6.07, 6.45) is -2.63. The molecule has 0 aliphatic carbocycles. The number of methoxy groups -OCH3 is 1. The molecule has 2 aliphatic heterocycles. The van der Waals surface area contributed by atoms with Gasteiger partial charge in [0, 0.05) is 20.3 Å². The molecule has 4 rings (SSSR count). The largest absolute Gasteiger partial charge is 0.497 e. The third kappa shape index (κ3) is 6.62. The number of hydrogen-bond donors (Lipinski definition) is 0. The SMILES string of the molecule is COc1ccc(COCC[C@@H]2OC(=O)N3[C@H]2[C@H](OC(C)=O)[C@H](OC(C)=O)[C@H]3COCc2ccccc2)cc1. The second-order valence-corrected chi connectivity index (χ2v) is 9.23. The van der Waals surface area contributed by atoms with Crippen LogP contribution in [0.15, 0.2) is 54.6 Å². The Morgan fingerprint density at radius 2 is 1.50 bits per heavy atom. The van der Waals surface area contributed by atoms with E-state index in [1.807, 2.05) is 54.6 Å². The molecule has 2 aromatic carbocycles. The number of amides is 1. The van der Waals surface area contributed by atoms with Crippen molar-refractivity contribution in [2.75, 3.05) is 20.3 Å². The van der Waals surface area contributed by atoms with Gasteiger partial charge < -0.3 is 28.4 Å². The first-order chi connectivity index (χ1) is 18.4. The number of cyclic esters (lactones) is 1. The molecule has 38 heavy (non-hydrogen) atoms. The molecule has 0 unspecified atom stereocenters. The number of hydrogen-bond acceptors (Lipinski definition) is 9. The first-order valence-corrected chi connectivity index (χ1v) is 12.5. The summed E-state index contributed by atoms with van der Waals surface area (Å²) in [5.74, 6) is -0.338. The zero-order valence-electron chi connectivity index (χ0n) is 21.7. The van der Waals surface area contributed by atoms with E-state index < -0.39 is 48.4 Å². The maximum atomic E-state index is 13.0. The van der Waals surface area contributed by atoms with Crippen LogP contribution in [0.5, 0.6) is 5.75 Å². The number of carbonyl (C=O) groups excluding carboxylic acids is 3. The van der Waals surface area contributed by atoms with Crippen LogP contribution in [0.4, 0.5) is 4.79 Å². The van der Waals surface area contributed by atoms with Crippen LogP contribution in [0, 0.1) is 0 Å². The van der Waals surface area contributed by atoms with Gasteiger partial charge in [-0.25, -0.2) is 4.79 Å². The minimum atomic E-state index is -0.903. The summed E-state index contributed by atoms with van der Waals surface area (Å²) in [6, 6.07) is 15.8. The first kappa shape index (κ1) is 27.4. The van der Waals surface area contributed by atoms with E-state index in [2.05, 4.69) is 0 Å². The summed E-state index contributed by atoms with van der Waals surface area (Å²) < 4.78 is 33.8. The molecule has 2 fully saturated rings. The maximum absolute atomic E-state index is 13.0. The summed E-state index contributed by atoms with van der Waals surface area (Å²) in [6.45, 7) is 3.60. The number of benzene rings is 2. The molecule has 0 bridgehead atoms. The Morgan fingerprint density at radius 1 is 0.868 bits per heavy atom. The van der Waals surface area contributed by atoms with Gasteiger partial charge in [0.05, 0.1) is 39.6 Å². The molecule has 10 nitrogen and oxygen atoms in total. The van der Waals surface area contributed by atoms with Crippen LogP contribution in [-0.2, 0) is 46.5 Å². The molecule has 2 aliphatic rings. The van der Waals surface area contributed by atoms with E-state index in [-0.39, 0.29) is 6.61 Å². The van der Waals surface area contributed by atoms with Crippen LogP contribution in [-0.4, -0.2) is 73.7 Å². The Bertz CT molecular complexity index is 1090. The average molecular weight is 528 g/mol. The molecule has 0 aromatic heterocycles. The summed E-state index contributed by atoms with van der Waals surface area (Å²) in [5, 5.41) is 0. The normalized spacial score (nSPS) is 24.0. The monoisotopic (exact) mass is 527 g/mol. The molecule has 2 saturated heterocycles. The van der Waals surface area contributed by atoms with Crippen molar-refractivity contribution >= 4 is 18.0 Å². The van der Waals surface area contributed by atoms with E-state index in [1.54, 1.807) is 7.11 Å². The fourth-order valence-electron chi connectivity index (χ4n) is 4.91. The lowest BCUT2D eigenvalue weighted by Gasteiger charge is -2.26. The highest BCUT2D eigenvalue weighted by Gasteiger charge is 2.62. The Labute approximate surface area is 221 Å². The van der Waals surface area contributed by atoms with Crippen LogP contribution in [0.2, 0.25) is 0 Å². The molecular formula is C28H33NO9. The van der Waals surface area contributed by atoms with E-state index in [1.165, 1.54) is 18.7 Å². The molecule has 0 radical (unpaired) electrons. The molecule has 10 heteroatoms. The van der Waals surface area contributed by atoms with Gasteiger partial charge in [-0.3, -0.25) is 14.5 Å². The van der Waals surface area contributed by atoms with E-state index in [0.29, 0.717) is 26.2 Å². The van der Waals surface area contributed by atoms with E-state index in [4.69, 9.17) is 28.4 Å². The van der Waals surface area contributed by atoms with Crippen molar-refractivity contribution in [3.05, 3.63) is 65.7 Å². The van der Waals surface area contributed by atoms with Crippen molar-refractivity contribution in [3.8, 4) is 5.75 Å². The Hall–Kier alpha value is -3.63. The lowest BCUT2D eigenvalue weighted by atomic mass is 10.0. The van der Waals surface area contributed by atoms with E-state index in [0.717, 1.165) is 16.9 Å². The van der Waals surface area contributed by atoms with E-state index >= 15 is 0 Å². The predicted octanol–water partition coefficient (Wildman–Crippen LogP) is 3.25. The fraction of sp³-hybridized carbons (Fsp3) is 0.464. The third-order valence-corrected chi connectivity index (χ3v) is 6.54. The first-order valence-electron chi connectivity index (χ1n) is 12.5. The van der Waals surface area contributed by atoms with Gasteiger partial charge in [-0.1, -0.05) is 42.5 Å². The van der Waals surface area contributed by atoms with Crippen molar-refractivity contribution in [2.24, 2.45) is 0 Å². The van der Waals surface area contributed by atoms with Crippen molar-refractivity contribution in [2.45, 2.75) is 63.9 Å². The topological polar surface area (TPSA) is 110 Å². The fourth-order valence-corrected chi connectivity index (χ4v) is 4.91. The molecule has 5 atom stereocenters. The van der Waals surface area contributed by atoms with Crippen LogP contribution in [0.25, 0.3) is 0 Å². The van der Waals surface area contributed by atoms with Gasteiger partial charge in [0.15, 0.2) is 12.2 Å². The smallest absolute Gasteiger partial charge is 0.411 e. The van der Waals surface area contributed by atoms with Crippen LogP contribution < -0.4 is 4.74 Å². The van der Waals surface area contributed by atoms with Gasteiger partial charge in [-0.05, 0) is 23.3 Å². The predicted molar refractivity (Wildman–Crippen MR) is 134 cm³/mol. The van der Waals surface area contributed by atoms with Gasteiger partial charge in [-0.2, -0.15) is 0 Å². The van der Waals surface area contributed by atoms with Crippen molar-refractivity contribution < 1.29 is 42.8 Å². The standard InChI is InChI=1S/C28H33NO9/c1-18(30)36-26-23(17-35-16-20-7-5-4-6-8-20)29-25(27(26)37-19(2)31)24(38-28(29)32)13-14-34-15-21-9-11-22(33-3)12-10-21/h4-12,23-27H,13-17H2,1-3H3/t23-,24+,25-,26-,27+/m1/s1. The second-order valence-electron chi connectivity index (χ2n) is 9.23. The second kappa shape index (κ2) is 12.7. The van der Waals surface area contributed by atoms with Crippen molar-refractivity contribution in [1.82, 2.24) is 4.90 Å².